The molecule has 1 aromatic carbocycles. The summed E-state index contributed by atoms with van der Waals surface area (Å²) in [6.45, 7) is 7.54. The second-order valence-electron chi connectivity index (χ2n) is 5.93. The Morgan fingerprint density at radius 3 is 2.55 bits per heavy atom. The molecule has 1 aromatic rings. The van der Waals surface area contributed by atoms with Crippen molar-refractivity contribution in [3.8, 4) is 0 Å². The summed E-state index contributed by atoms with van der Waals surface area (Å²) in [5.74, 6) is 0.230. The van der Waals surface area contributed by atoms with E-state index in [1.165, 1.54) is 11.1 Å². The highest BCUT2D eigenvalue weighted by Crippen LogP contribution is 2.28. The van der Waals surface area contributed by atoms with Crippen LogP contribution in [0.15, 0.2) is 24.3 Å². The Kier molecular flexibility index (Phi) is 5.18. The van der Waals surface area contributed by atoms with E-state index >= 15 is 0 Å². The molecule has 0 spiro atoms. The maximum Gasteiger partial charge on any atom is 0.237 e. The van der Waals surface area contributed by atoms with E-state index in [0.29, 0.717) is 18.6 Å². The molecule has 0 aromatic heterocycles. The molecule has 1 N–H and O–H groups in total. The van der Waals surface area contributed by atoms with Crippen LogP contribution < -0.4 is 5.32 Å². The Balaban J connectivity index is 1.93. The van der Waals surface area contributed by atoms with Gasteiger partial charge in [0.1, 0.15) is 0 Å². The summed E-state index contributed by atoms with van der Waals surface area (Å²) in [4.78, 5) is 14.4. The van der Waals surface area contributed by atoms with E-state index in [0.717, 1.165) is 25.8 Å². The fourth-order valence-electron chi connectivity index (χ4n) is 2.20. The summed E-state index contributed by atoms with van der Waals surface area (Å²) in [6, 6.07) is 9.34. The van der Waals surface area contributed by atoms with Crippen LogP contribution in [-0.4, -0.2) is 29.4 Å². The smallest absolute Gasteiger partial charge is 0.237 e. The molecule has 1 atom stereocenters. The molecule has 0 saturated heterocycles. The lowest BCUT2D eigenvalue weighted by molar-refractivity contribution is -0.131. The van der Waals surface area contributed by atoms with E-state index < -0.39 is 0 Å². The maximum absolute atomic E-state index is 12.4. The van der Waals surface area contributed by atoms with Gasteiger partial charge >= 0.3 is 0 Å². The quantitative estimate of drug-likeness (QED) is 0.829. The van der Waals surface area contributed by atoms with Crippen LogP contribution in [0, 0.1) is 6.92 Å². The molecule has 20 heavy (non-hydrogen) atoms. The van der Waals surface area contributed by atoms with Gasteiger partial charge in [0.25, 0.3) is 0 Å². The van der Waals surface area contributed by atoms with Gasteiger partial charge in [-0.25, -0.2) is 0 Å². The predicted molar refractivity (Wildman–Crippen MR) is 82.5 cm³/mol. The van der Waals surface area contributed by atoms with Crippen LogP contribution >= 0.6 is 0 Å². The molecule has 0 bridgehead atoms. The van der Waals surface area contributed by atoms with E-state index in [2.05, 4.69) is 50.4 Å². The van der Waals surface area contributed by atoms with Crippen LogP contribution in [0.4, 0.5) is 0 Å². The van der Waals surface area contributed by atoms with Crippen molar-refractivity contribution in [2.75, 3.05) is 6.54 Å². The standard InChI is InChI=1S/C17H26N2O/c1-4-14(3)18-11-17(20)19(16-9-10-16)12-15-7-5-13(2)6-8-15/h5-8,14,16,18H,4,9-12H2,1-3H3. The van der Waals surface area contributed by atoms with Crippen molar-refractivity contribution in [1.82, 2.24) is 10.2 Å². The fourth-order valence-corrected chi connectivity index (χ4v) is 2.20. The SMILES string of the molecule is CCC(C)NCC(=O)N(Cc1ccc(C)cc1)C1CC1. The highest BCUT2D eigenvalue weighted by molar-refractivity contribution is 5.79. The highest BCUT2D eigenvalue weighted by atomic mass is 16.2. The van der Waals surface area contributed by atoms with Gasteiger partial charge in [-0.05, 0) is 38.7 Å². The summed E-state index contributed by atoms with van der Waals surface area (Å²) in [5, 5.41) is 3.30. The first-order chi connectivity index (χ1) is 9.60. The molecule has 1 aliphatic rings. The van der Waals surface area contributed by atoms with Crippen molar-refractivity contribution in [3.05, 3.63) is 35.4 Å². The molecule has 1 unspecified atom stereocenters. The van der Waals surface area contributed by atoms with Crippen molar-refractivity contribution in [2.24, 2.45) is 0 Å². The third kappa shape index (κ3) is 4.34. The number of carbonyl (C=O) groups is 1. The molecule has 3 heteroatoms. The van der Waals surface area contributed by atoms with E-state index in [-0.39, 0.29) is 5.91 Å². The Morgan fingerprint density at radius 1 is 1.35 bits per heavy atom. The van der Waals surface area contributed by atoms with Crippen molar-refractivity contribution in [2.45, 2.75) is 58.7 Å². The van der Waals surface area contributed by atoms with Crippen molar-refractivity contribution >= 4 is 5.91 Å². The van der Waals surface area contributed by atoms with Crippen LogP contribution in [-0.2, 0) is 11.3 Å². The molecule has 0 heterocycles. The number of benzene rings is 1. The first-order valence-electron chi connectivity index (χ1n) is 7.68. The van der Waals surface area contributed by atoms with Crippen molar-refractivity contribution in [3.63, 3.8) is 0 Å². The van der Waals surface area contributed by atoms with Gasteiger partial charge in [-0.15, -0.1) is 0 Å². The predicted octanol–water partition coefficient (Wildman–Crippen LogP) is 2.87. The zero-order valence-electron chi connectivity index (χ0n) is 12.9. The number of carbonyl (C=O) groups excluding carboxylic acids is 1. The number of hydrogen-bond donors (Lipinski definition) is 1. The first-order valence-corrected chi connectivity index (χ1v) is 7.68. The number of aryl methyl sites for hydroxylation is 1. The lowest BCUT2D eigenvalue weighted by atomic mass is 10.1. The van der Waals surface area contributed by atoms with E-state index in [9.17, 15) is 4.79 Å². The van der Waals surface area contributed by atoms with Crippen LogP contribution in [0.5, 0.6) is 0 Å². The molecular formula is C17H26N2O. The maximum atomic E-state index is 12.4. The summed E-state index contributed by atoms with van der Waals surface area (Å²) in [5.41, 5.74) is 2.48. The van der Waals surface area contributed by atoms with Crippen molar-refractivity contribution in [1.29, 1.82) is 0 Å². The lowest BCUT2D eigenvalue weighted by Crippen LogP contribution is -2.41. The van der Waals surface area contributed by atoms with E-state index in [1.807, 2.05) is 4.90 Å². The van der Waals surface area contributed by atoms with Crippen LogP contribution in [0.1, 0.15) is 44.2 Å². The van der Waals surface area contributed by atoms with Crippen LogP contribution in [0.3, 0.4) is 0 Å². The number of rotatable bonds is 7. The van der Waals surface area contributed by atoms with Crippen LogP contribution in [0.2, 0.25) is 0 Å². The van der Waals surface area contributed by atoms with Gasteiger partial charge in [0.2, 0.25) is 5.91 Å². The normalized spacial score (nSPS) is 15.9. The lowest BCUT2D eigenvalue weighted by Gasteiger charge is -2.24. The van der Waals surface area contributed by atoms with Gasteiger partial charge in [0.15, 0.2) is 0 Å². The second-order valence-corrected chi connectivity index (χ2v) is 5.93. The molecule has 0 aliphatic heterocycles. The highest BCUT2D eigenvalue weighted by Gasteiger charge is 2.32. The Morgan fingerprint density at radius 2 is 2.00 bits per heavy atom. The second kappa shape index (κ2) is 6.89. The Bertz CT molecular complexity index is 437. The fraction of sp³-hybridized carbons (Fsp3) is 0.588. The molecule has 2 rings (SSSR count). The monoisotopic (exact) mass is 274 g/mol. The topological polar surface area (TPSA) is 32.3 Å². The third-order valence-corrected chi connectivity index (χ3v) is 4.00. The number of amides is 1. The zero-order valence-corrected chi connectivity index (χ0v) is 12.9. The van der Waals surface area contributed by atoms with E-state index in [1.54, 1.807) is 0 Å². The molecule has 3 nitrogen and oxygen atoms in total. The molecular weight excluding hydrogens is 248 g/mol. The minimum Gasteiger partial charge on any atom is -0.334 e. The van der Waals surface area contributed by atoms with Gasteiger partial charge in [-0.2, -0.15) is 0 Å². The van der Waals surface area contributed by atoms with E-state index in [4.69, 9.17) is 0 Å². The zero-order chi connectivity index (χ0) is 14.5. The first kappa shape index (κ1) is 15.0. The van der Waals surface area contributed by atoms with Gasteiger partial charge in [-0.3, -0.25) is 4.79 Å². The third-order valence-electron chi connectivity index (χ3n) is 4.00. The minimum atomic E-state index is 0.230. The minimum absolute atomic E-state index is 0.230. The summed E-state index contributed by atoms with van der Waals surface area (Å²) < 4.78 is 0. The van der Waals surface area contributed by atoms with Gasteiger partial charge in [0, 0.05) is 18.6 Å². The van der Waals surface area contributed by atoms with Crippen molar-refractivity contribution < 1.29 is 4.79 Å². The molecule has 0 radical (unpaired) electrons. The molecule has 1 aliphatic carbocycles. The Hall–Kier alpha value is -1.35. The number of hydrogen-bond acceptors (Lipinski definition) is 2. The molecule has 1 saturated carbocycles. The largest absolute Gasteiger partial charge is 0.334 e. The summed E-state index contributed by atoms with van der Waals surface area (Å²) in [6.07, 6.45) is 3.36. The summed E-state index contributed by atoms with van der Waals surface area (Å²) in [7, 11) is 0. The van der Waals surface area contributed by atoms with Gasteiger partial charge in [0.05, 0.1) is 6.54 Å². The molecule has 110 valence electrons. The molecule has 1 fully saturated rings. The average Bonchev–Trinajstić information content (AvgIpc) is 3.28. The van der Waals surface area contributed by atoms with Crippen LogP contribution in [0.25, 0.3) is 0 Å². The van der Waals surface area contributed by atoms with Gasteiger partial charge in [-0.1, -0.05) is 36.8 Å². The number of nitrogens with zero attached hydrogens (tertiary/aromatic N) is 1. The molecule has 1 amide bonds. The number of nitrogens with one attached hydrogen (secondary N) is 1. The average molecular weight is 274 g/mol. The van der Waals surface area contributed by atoms with Gasteiger partial charge < -0.3 is 10.2 Å². The Labute approximate surface area is 122 Å². The summed E-state index contributed by atoms with van der Waals surface area (Å²) >= 11 is 0.